The van der Waals surface area contributed by atoms with Crippen LogP contribution in [-0.4, -0.2) is 18.4 Å². The van der Waals surface area contributed by atoms with E-state index in [4.69, 9.17) is 0 Å². The summed E-state index contributed by atoms with van der Waals surface area (Å²) >= 11 is 3.34. The highest BCUT2D eigenvalue weighted by atomic mass is 79.9. The van der Waals surface area contributed by atoms with Crippen LogP contribution in [0.2, 0.25) is 0 Å². The van der Waals surface area contributed by atoms with Gasteiger partial charge in [-0.25, -0.2) is 4.99 Å². The molecule has 0 bridgehead atoms. The molecule has 0 aliphatic carbocycles. The van der Waals surface area contributed by atoms with Crippen LogP contribution in [0.1, 0.15) is 22.3 Å². The average molecular weight is 385 g/mol. The second-order valence-corrected chi connectivity index (χ2v) is 6.75. The van der Waals surface area contributed by atoms with Gasteiger partial charge in [0.2, 0.25) is 0 Å². The lowest BCUT2D eigenvalue weighted by molar-refractivity contribution is -0.120. The molecule has 1 aliphatic rings. The molecule has 4 nitrogen and oxygen atoms in total. The van der Waals surface area contributed by atoms with Crippen molar-refractivity contribution in [3.05, 3.63) is 68.6 Å². The summed E-state index contributed by atoms with van der Waals surface area (Å²) in [5, 5.41) is 4.56. The van der Waals surface area contributed by atoms with E-state index in [1.54, 1.807) is 12.1 Å². The third-order valence-corrected chi connectivity index (χ3v) is 4.49. The van der Waals surface area contributed by atoms with Crippen molar-refractivity contribution in [2.45, 2.75) is 13.3 Å². The molecule has 0 aromatic heterocycles. The predicted octanol–water partition coefficient (Wildman–Crippen LogP) is 2.13. The van der Waals surface area contributed by atoms with Crippen molar-refractivity contribution in [3.63, 3.8) is 0 Å². The summed E-state index contributed by atoms with van der Waals surface area (Å²) in [6.45, 7) is 2.41. The number of nitrogens with zero attached hydrogens (tertiary/aromatic N) is 1. The van der Waals surface area contributed by atoms with Crippen LogP contribution in [0.4, 0.5) is 0 Å². The summed E-state index contributed by atoms with van der Waals surface area (Å²) in [5.41, 5.74) is 1.68. The van der Waals surface area contributed by atoms with Gasteiger partial charge in [0.1, 0.15) is 0 Å². The lowest BCUT2D eigenvalue weighted by Crippen LogP contribution is -2.35. The highest BCUT2D eigenvalue weighted by Gasteiger charge is 2.18. The van der Waals surface area contributed by atoms with E-state index >= 15 is 0 Å². The molecule has 1 N–H and O–H groups in total. The van der Waals surface area contributed by atoms with Gasteiger partial charge in [0, 0.05) is 16.6 Å². The SMILES string of the molecule is Cc1ccc2c(c1)=NC(=O)C(CCNC(=O)c1ccc(Br)cc1)C=2. The van der Waals surface area contributed by atoms with Gasteiger partial charge in [0.15, 0.2) is 0 Å². The Balaban J connectivity index is 1.63. The minimum absolute atomic E-state index is 0.140. The van der Waals surface area contributed by atoms with Crippen molar-refractivity contribution in [3.8, 4) is 0 Å². The van der Waals surface area contributed by atoms with Gasteiger partial charge >= 0.3 is 0 Å². The summed E-state index contributed by atoms with van der Waals surface area (Å²) in [5.74, 6) is -0.574. The predicted molar refractivity (Wildman–Crippen MR) is 96.0 cm³/mol. The number of fused-ring (bicyclic) bond motifs is 1. The molecule has 1 unspecified atom stereocenters. The number of halogens is 1. The van der Waals surface area contributed by atoms with E-state index in [1.807, 2.05) is 43.3 Å². The number of nitrogens with one attached hydrogen (secondary N) is 1. The van der Waals surface area contributed by atoms with Crippen molar-refractivity contribution in [2.75, 3.05) is 6.54 Å². The molecular formula is C19H17BrN2O2. The Bertz CT molecular complexity index is 904. The summed E-state index contributed by atoms with van der Waals surface area (Å²) < 4.78 is 0.928. The molecule has 2 aromatic rings. The van der Waals surface area contributed by atoms with Gasteiger partial charge in [-0.05, 0) is 54.5 Å². The Labute approximate surface area is 148 Å². The van der Waals surface area contributed by atoms with Crippen molar-refractivity contribution < 1.29 is 9.59 Å². The highest BCUT2D eigenvalue weighted by molar-refractivity contribution is 9.10. The van der Waals surface area contributed by atoms with E-state index in [0.29, 0.717) is 18.5 Å². The fourth-order valence-electron chi connectivity index (χ4n) is 2.63. The molecule has 3 rings (SSSR count). The lowest BCUT2D eigenvalue weighted by atomic mass is 9.99. The Kier molecular flexibility index (Phi) is 4.90. The second-order valence-electron chi connectivity index (χ2n) is 5.84. The van der Waals surface area contributed by atoms with Crippen molar-refractivity contribution in [2.24, 2.45) is 10.9 Å². The van der Waals surface area contributed by atoms with Gasteiger partial charge in [-0.15, -0.1) is 0 Å². The molecule has 0 spiro atoms. The van der Waals surface area contributed by atoms with Crippen LogP contribution >= 0.6 is 15.9 Å². The van der Waals surface area contributed by atoms with Gasteiger partial charge in [-0.3, -0.25) is 9.59 Å². The van der Waals surface area contributed by atoms with Crippen LogP contribution in [0.5, 0.6) is 0 Å². The maximum atomic E-state index is 12.1. The number of hydrogen-bond donors (Lipinski definition) is 1. The van der Waals surface area contributed by atoms with Gasteiger partial charge in [0.05, 0.1) is 11.3 Å². The van der Waals surface area contributed by atoms with E-state index in [9.17, 15) is 9.59 Å². The van der Waals surface area contributed by atoms with Gasteiger partial charge in [0.25, 0.3) is 11.8 Å². The first-order valence-corrected chi connectivity index (χ1v) is 8.57. The van der Waals surface area contributed by atoms with Gasteiger partial charge in [-0.1, -0.05) is 34.1 Å². The molecule has 122 valence electrons. The third-order valence-electron chi connectivity index (χ3n) is 3.96. The summed E-state index contributed by atoms with van der Waals surface area (Å²) in [7, 11) is 0. The zero-order valence-electron chi connectivity index (χ0n) is 13.3. The van der Waals surface area contributed by atoms with Gasteiger partial charge in [-0.2, -0.15) is 0 Å². The van der Waals surface area contributed by atoms with E-state index < -0.39 is 0 Å². The number of carbonyl (C=O) groups excluding carboxylic acids is 2. The largest absolute Gasteiger partial charge is 0.352 e. The zero-order chi connectivity index (χ0) is 17.1. The number of amides is 2. The number of carbonyl (C=O) groups is 2. The van der Waals surface area contributed by atoms with Crippen LogP contribution in [-0.2, 0) is 4.79 Å². The summed E-state index contributed by atoms with van der Waals surface area (Å²) in [6, 6.07) is 13.1. The standard InChI is InChI=1S/C19H17BrN2O2/c1-12-2-3-14-11-15(19(24)22-17(14)10-12)8-9-21-18(23)13-4-6-16(20)7-5-13/h2-7,10-11,15H,8-9H2,1H3,(H,21,23). The maximum absolute atomic E-state index is 12.1. The second kappa shape index (κ2) is 7.09. The molecule has 1 aliphatic heterocycles. The average Bonchev–Trinajstić information content (AvgIpc) is 2.56. The normalized spacial score (nSPS) is 15.9. The van der Waals surface area contributed by atoms with Gasteiger partial charge < -0.3 is 5.32 Å². The lowest BCUT2D eigenvalue weighted by Gasteiger charge is -2.13. The Morgan fingerprint density at radius 3 is 2.71 bits per heavy atom. The van der Waals surface area contributed by atoms with Crippen molar-refractivity contribution in [1.82, 2.24) is 5.32 Å². The highest BCUT2D eigenvalue weighted by Crippen LogP contribution is 2.11. The number of hydrogen-bond acceptors (Lipinski definition) is 2. The number of aryl methyl sites for hydroxylation is 1. The van der Waals surface area contributed by atoms with Crippen LogP contribution in [0.15, 0.2) is 51.9 Å². The molecular weight excluding hydrogens is 368 g/mol. The van der Waals surface area contributed by atoms with Crippen molar-refractivity contribution >= 4 is 33.8 Å². The van der Waals surface area contributed by atoms with E-state index in [-0.39, 0.29) is 17.7 Å². The topological polar surface area (TPSA) is 58.5 Å². The molecule has 0 saturated carbocycles. The third kappa shape index (κ3) is 3.79. The fourth-order valence-corrected chi connectivity index (χ4v) is 2.90. The van der Waals surface area contributed by atoms with Crippen LogP contribution < -0.4 is 15.9 Å². The van der Waals surface area contributed by atoms with Crippen molar-refractivity contribution in [1.29, 1.82) is 0 Å². The molecule has 24 heavy (non-hydrogen) atoms. The summed E-state index contributed by atoms with van der Waals surface area (Å²) in [6.07, 6.45) is 2.48. The molecule has 0 radical (unpaired) electrons. The molecule has 0 fully saturated rings. The van der Waals surface area contributed by atoms with E-state index in [2.05, 4.69) is 26.2 Å². The Morgan fingerprint density at radius 2 is 1.96 bits per heavy atom. The Morgan fingerprint density at radius 1 is 1.21 bits per heavy atom. The molecule has 1 heterocycles. The first-order chi connectivity index (χ1) is 11.5. The fraction of sp³-hybridized carbons (Fsp3) is 0.211. The van der Waals surface area contributed by atoms with Crippen LogP contribution in [0, 0.1) is 12.8 Å². The first-order valence-electron chi connectivity index (χ1n) is 7.78. The number of benzene rings is 2. The van der Waals surface area contributed by atoms with E-state index in [0.717, 1.165) is 20.6 Å². The minimum atomic E-state index is -0.287. The van der Waals surface area contributed by atoms with Crippen LogP contribution in [0.25, 0.3) is 6.08 Å². The molecule has 1 atom stereocenters. The Hall–Kier alpha value is -2.27. The maximum Gasteiger partial charge on any atom is 0.253 e. The molecule has 5 heteroatoms. The smallest absolute Gasteiger partial charge is 0.253 e. The van der Waals surface area contributed by atoms with Crippen LogP contribution in [0.3, 0.4) is 0 Å². The molecule has 2 amide bonds. The number of rotatable bonds is 4. The monoisotopic (exact) mass is 384 g/mol. The van der Waals surface area contributed by atoms with E-state index in [1.165, 1.54) is 0 Å². The zero-order valence-corrected chi connectivity index (χ0v) is 14.8. The quantitative estimate of drug-likeness (QED) is 0.877. The first kappa shape index (κ1) is 16.6. The minimum Gasteiger partial charge on any atom is -0.352 e. The molecule has 2 aromatic carbocycles. The summed E-state index contributed by atoms with van der Waals surface area (Å²) in [4.78, 5) is 28.4. The molecule has 0 saturated heterocycles.